The van der Waals surface area contributed by atoms with Gasteiger partial charge in [-0.2, -0.15) is 5.10 Å². The first-order chi connectivity index (χ1) is 12.7. The van der Waals surface area contributed by atoms with E-state index in [-0.39, 0.29) is 11.5 Å². The Morgan fingerprint density at radius 3 is 2.63 bits per heavy atom. The average Bonchev–Trinajstić information content (AvgIpc) is 2.85. The SMILES string of the molecule is CCNC(=NCC1CCCOC1C(C)(C)C)NCCc1c(C)nn(C)c1C. The summed E-state index contributed by atoms with van der Waals surface area (Å²) < 4.78 is 8.05. The van der Waals surface area contributed by atoms with E-state index in [2.05, 4.69) is 57.3 Å². The van der Waals surface area contributed by atoms with Crippen LogP contribution in [-0.4, -0.2) is 48.1 Å². The van der Waals surface area contributed by atoms with Crippen molar-refractivity contribution >= 4 is 5.96 Å². The van der Waals surface area contributed by atoms with Crippen molar-refractivity contribution < 1.29 is 4.74 Å². The topological polar surface area (TPSA) is 63.5 Å². The minimum atomic E-state index is 0.155. The molecule has 2 unspecified atom stereocenters. The third-order valence-electron chi connectivity index (χ3n) is 5.45. The smallest absolute Gasteiger partial charge is 0.191 e. The maximum atomic E-state index is 6.10. The zero-order valence-electron chi connectivity index (χ0n) is 18.4. The van der Waals surface area contributed by atoms with Crippen molar-refractivity contribution in [2.24, 2.45) is 23.4 Å². The van der Waals surface area contributed by atoms with E-state index in [1.54, 1.807) is 0 Å². The Morgan fingerprint density at radius 2 is 2.04 bits per heavy atom. The molecule has 2 atom stereocenters. The highest BCUT2D eigenvalue weighted by Gasteiger charge is 2.35. The van der Waals surface area contributed by atoms with Crippen LogP contribution in [-0.2, 0) is 18.2 Å². The van der Waals surface area contributed by atoms with E-state index in [9.17, 15) is 0 Å². The van der Waals surface area contributed by atoms with Crippen LogP contribution >= 0.6 is 0 Å². The molecular formula is C21H39N5O. The molecule has 0 amide bonds. The highest BCUT2D eigenvalue weighted by atomic mass is 16.5. The van der Waals surface area contributed by atoms with Crippen molar-refractivity contribution in [1.29, 1.82) is 0 Å². The summed E-state index contributed by atoms with van der Waals surface area (Å²) in [6.45, 7) is 16.5. The van der Waals surface area contributed by atoms with Crippen LogP contribution in [0.4, 0.5) is 0 Å². The molecule has 0 aliphatic carbocycles. The van der Waals surface area contributed by atoms with E-state index < -0.39 is 0 Å². The van der Waals surface area contributed by atoms with Crippen molar-refractivity contribution in [1.82, 2.24) is 20.4 Å². The second kappa shape index (κ2) is 9.58. The maximum Gasteiger partial charge on any atom is 0.191 e. The minimum absolute atomic E-state index is 0.155. The van der Waals surface area contributed by atoms with Gasteiger partial charge in [0, 0.05) is 44.9 Å². The molecule has 0 saturated carbocycles. The molecule has 2 rings (SSSR count). The Morgan fingerprint density at radius 1 is 1.30 bits per heavy atom. The molecule has 0 radical (unpaired) electrons. The van der Waals surface area contributed by atoms with Crippen molar-refractivity contribution in [2.75, 3.05) is 26.2 Å². The van der Waals surface area contributed by atoms with E-state index in [1.165, 1.54) is 17.7 Å². The van der Waals surface area contributed by atoms with Crippen LogP contribution in [0.1, 0.15) is 57.5 Å². The second-order valence-corrected chi connectivity index (χ2v) is 8.73. The van der Waals surface area contributed by atoms with Gasteiger partial charge in [-0.3, -0.25) is 9.67 Å². The van der Waals surface area contributed by atoms with Gasteiger partial charge in [0.15, 0.2) is 5.96 Å². The summed E-state index contributed by atoms with van der Waals surface area (Å²) >= 11 is 0. The molecule has 0 aromatic carbocycles. The van der Waals surface area contributed by atoms with Crippen molar-refractivity contribution in [2.45, 2.75) is 66.9 Å². The molecule has 0 spiro atoms. The summed E-state index contributed by atoms with van der Waals surface area (Å²) in [4.78, 5) is 4.88. The molecule has 1 fully saturated rings. The standard InChI is InChI=1S/C21H39N5O/c1-8-22-20(23-12-11-18-15(2)25-26(7)16(18)3)24-14-17-10-9-13-27-19(17)21(4,5)6/h17,19H,8-14H2,1-7H3,(H2,22,23,24). The molecular weight excluding hydrogens is 338 g/mol. The molecule has 27 heavy (non-hydrogen) atoms. The number of guanidine groups is 1. The lowest BCUT2D eigenvalue weighted by Gasteiger charge is -2.39. The maximum absolute atomic E-state index is 6.10. The number of aromatic nitrogens is 2. The third kappa shape index (κ3) is 5.96. The monoisotopic (exact) mass is 377 g/mol. The fourth-order valence-electron chi connectivity index (χ4n) is 4.02. The summed E-state index contributed by atoms with van der Waals surface area (Å²) in [5.41, 5.74) is 3.84. The average molecular weight is 378 g/mol. The molecule has 1 aromatic heterocycles. The van der Waals surface area contributed by atoms with E-state index >= 15 is 0 Å². The number of aliphatic imine (C=N–C) groups is 1. The highest BCUT2D eigenvalue weighted by Crippen LogP contribution is 2.34. The number of rotatable bonds is 6. The Balaban J connectivity index is 1.95. The Kier molecular flexibility index (Phi) is 7.71. The quantitative estimate of drug-likeness (QED) is 0.591. The zero-order chi connectivity index (χ0) is 20.0. The van der Waals surface area contributed by atoms with Gasteiger partial charge in [0.1, 0.15) is 0 Å². The van der Waals surface area contributed by atoms with Gasteiger partial charge in [0.25, 0.3) is 0 Å². The van der Waals surface area contributed by atoms with Crippen LogP contribution in [0, 0.1) is 25.2 Å². The van der Waals surface area contributed by atoms with Crippen LogP contribution < -0.4 is 10.6 Å². The lowest BCUT2D eigenvalue weighted by molar-refractivity contribution is -0.0823. The molecule has 2 heterocycles. The number of nitrogens with one attached hydrogen (secondary N) is 2. The number of nitrogens with zero attached hydrogens (tertiary/aromatic N) is 3. The molecule has 1 aliphatic heterocycles. The predicted octanol–water partition coefficient (Wildman–Crippen LogP) is 2.98. The lowest BCUT2D eigenvalue weighted by Crippen LogP contribution is -2.43. The number of hydrogen-bond acceptors (Lipinski definition) is 3. The Labute approximate surface area is 165 Å². The van der Waals surface area contributed by atoms with Crippen molar-refractivity contribution in [3.05, 3.63) is 17.0 Å². The summed E-state index contributed by atoms with van der Waals surface area (Å²) in [6, 6.07) is 0. The van der Waals surface area contributed by atoms with E-state index in [0.29, 0.717) is 5.92 Å². The van der Waals surface area contributed by atoms with Crippen LogP contribution in [0.2, 0.25) is 0 Å². The van der Waals surface area contributed by atoms with Crippen molar-refractivity contribution in [3.8, 4) is 0 Å². The molecule has 0 bridgehead atoms. The summed E-state index contributed by atoms with van der Waals surface area (Å²) in [7, 11) is 2.00. The first kappa shape index (κ1) is 21.7. The Bertz CT molecular complexity index is 629. The summed E-state index contributed by atoms with van der Waals surface area (Å²) in [5.74, 6) is 1.38. The predicted molar refractivity (Wildman–Crippen MR) is 112 cm³/mol. The van der Waals surface area contributed by atoms with Gasteiger partial charge in [-0.05, 0) is 51.0 Å². The van der Waals surface area contributed by atoms with Gasteiger partial charge < -0.3 is 15.4 Å². The van der Waals surface area contributed by atoms with Gasteiger partial charge in [-0.15, -0.1) is 0 Å². The van der Waals surface area contributed by atoms with Crippen LogP contribution in [0.15, 0.2) is 4.99 Å². The van der Waals surface area contributed by atoms with Crippen molar-refractivity contribution in [3.63, 3.8) is 0 Å². The van der Waals surface area contributed by atoms with E-state index in [0.717, 1.165) is 50.7 Å². The number of hydrogen-bond donors (Lipinski definition) is 2. The lowest BCUT2D eigenvalue weighted by atomic mass is 9.78. The fourth-order valence-corrected chi connectivity index (χ4v) is 4.02. The number of ether oxygens (including phenoxy) is 1. The van der Waals surface area contributed by atoms with Gasteiger partial charge >= 0.3 is 0 Å². The molecule has 1 aromatic rings. The minimum Gasteiger partial charge on any atom is -0.377 e. The molecule has 2 N–H and O–H groups in total. The van der Waals surface area contributed by atoms with Gasteiger partial charge in [0.2, 0.25) is 0 Å². The molecule has 154 valence electrons. The van der Waals surface area contributed by atoms with Gasteiger partial charge in [-0.1, -0.05) is 20.8 Å². The molecule has 6 heteroatoms. The first-order valence-corrected chi connectivity index (χ1v) is 10.4. The summed E-state index contributed by atoms with van der Waals surface area (Å²) in [5, 5.41) is 11.4. The highest BCUT2D eigenvalue weighted by molar-refractivity contribution is 5.79. The first-order valence-electron chi connectivity index (χ1n) is 10.4. The molecule has 1 saturated heterocycles. The van der Waals surface area contributed by atoms with Gasteiger partial charge in [0.05, 0.1) is 11.8 Å². The van der Waals surface area contributed by atoms with Crippen LogP contribution in [0.25, 0.3) is 0 Å². The fraction of sp³-hybridized carbons (Fsp3) is 0.810. The molecule has 1 aliphatic rings. The Hall–Kier alpha value is -1.56. The largest absolute Gasteiger partial charge is 0.377 e. The normalized spacial score (nSPS) is 21.4. The molecule has 6 nitrogen and oxygen atoms in total. The number of aryl methyl sites for hydroxylation is 2. The van der Waals surface area contributed by atoms with Gasteiger partial charge in [-0.25, -0.2) is 0 Å². The van der Waals surface area contributed by atoms with E-state index in [4.69, 9.17) is 9.73 Å². The van der Waals surface area contributed by atoms with Crippen LogP contribution in [0.3, 0.4) is 0 Å². The second-order valence-electron chi connectivity index (χ2n) is 8.73. The summed E-state index contributed by atoms with van der Waals surface area (Å²) in [6.07, 6.45) is 3.56. The van der Waals surface area contributed by atoms with E-state index in [1.807, 2.05) is 11.7 Å². The third-order valence-corrected chi connectivity index (χ3v) is 5.45. The van der Waals surface area contributed by atoms with Crippen LogP contribution in [0.5, 0.6) is 0 Å². The zero-order valence-corrected chi connectivity index (χ0v) is 18.4.